The van der Waals surface area contributed by atoms with Gasteiger partial charge in [-0.1, -0.05) is 43.2 Å². The number of nitrogens with one attached hydrogen (secondary N) is 1. The Labute approximate surface area is 103 Å². The maximum Gasteiger partial charge on any atom is 0.0951 e. The summed E-state index contributed by atoms with van der Waals surface area (Å²) in [6, 6.07) is 10.8. The molecule has 2 heteroatoms. The SMILES string of the molecule is OC1(c2ccccc2)CCN[C@@H]2CCCC[C@@H]21. The van der Waals surface area contributed by atoms with Gasteiger partial charge in [-0.15, -0.1) is 0 Å². The topological polar surface area (TPSA) is 32.3 Å². The highest BCUT2D eigenvalue weighted by Crippen LogP contribution is 2.43. The van der Waals surface area contributed by atoms with E-state index in [1.807, 2.05) is 18.2 Å². The van der Waals surface area contributed by atoms with E-state index in [1.165, 1.54) is 19.3 Å². The molecule has 0 spiro atoms. The van der Waals surface area contributed by atoms with Crippen LogP contribution in [0.3, 0.4) is 0 Å². The maximum absolute atomic E-state index is 11.1. The van der Waals surface area contributed by atoms with E-state index in [2.05, 4.69) is 17.4 Å². The van der Waals surface area contributed by atoms with Crippen LogP contribution in [0.5, 0.6) is 0 Å². The largest absolute Gasteiger partial charge is 0.385 e. The number of piperidine rings is 1. The van der Waals surface area contributed by atoms with E-state index in [-0.39, 0.29) is 0 Å². The Balaban J connectivity index is 1.94. The zero-order valence-corrected chi connectivity index (χ0v) is 10.2. The molecule has 1 aliphatic carbocycles. The molecule has 3 rings (SSSR count). The molecule has 17 heavy (non-hydrogen) atoms. The lowest BCUT2D eigenvalue weighted by atomic mass is 9.67. The zero-order valence-electron chi connectivity index (χ0n) is 10.2. The summed E-state index contributed by atoms with van der Waals surface area (Å²) < 4.78 is 0. The van der Waals surface area contributed by atoms with Gasteiger partial charge in [0.05, 0.1) is 5.60 Å². The van der Waals surface area contributed by atoms with Crippen molar-refractivity contribution in [2.75, 3.05) is 6.54 Å². The molecule has 0 amide bonds. The summed E-state index contributed by atoms with van der Waals surface area (Å²) >= 11 is 0. The molecule has 0 aromatic heterocycles. The van der Waals surface area contributed by atoms with Crippen molar-refractivity contribution < 1.29 is 5.11 Å². The summed E-state index contributed by atoms with van der Waals surface area (Å²) in [5.41, 5.74) is 0.510. The van der Waals surface area contributed by atoms with Crippen LogP contribution in [0.1, 0.15) is 37.7 Å². The van der Waals surface area contributed by atoms with E-state index in [4.69, 9.17) is 0 Å². The van der Waals surface area contributed by atoms with Gasteiger partial charge in [0, 0.05) is 12.0 Å². The zero-order chi connectivity index (χ0) is 11.7. The van der Waals surface area contributed by atoms with Gasteiger partial charge in [0.15, 0.2) is 0 Å². The van der Waals surface area contributed by atoms with Crippen LogP contribution in [0.15, 0.2) is 30.3 Å². The van der Waals surface area contributed by atoms with Crippen molar-refractivity contribution in [1.29, 1.82) is 0 Å². The summed E-state index contributed by atoms with van der Waals surface area (Å²) in [5, 5.41) is 14.7. The Bertz CT molecular complexity index is 376. The Morgan fingerprint density at radius 3 is 2.71 bits per heavy atom. The summed E-state index contributed by atoms with van der Waals surface area (Å²) in [5.74, 6) is 0.396. The number of benzene rings is 1. The number of fused-ring (bicyclic) bond motifs is 1. The van der Waals surface area contributed by atoms with Crippen LogP contribution in [-0.4, -0.2) is 17.7 Å². The van der Waals surface area contributed by atoms with Crippen LogP contribution in [0.2, 0.25) is 0 Å². The minimum atomic E-state index is -0.600. The molecule has 2 nitrogen and oxygen atoms in total. The molecule has 2 N–H and O–H groups in total. The minimum absolute atomic E-state index is 0.396. The first kappa shape index (κ1) is 11.2. The second kappa shape index (κ2) is 4.43. The van der Waals surface area contributed by atoms with Crippen molar-refractivity contribution in [2.45, 2.75) is 43.7 Å². The lowest BCUT2D eigenvalue weighted by Crippen LogP contribution is -2.55. The molecular formula is C15H21NO. The maximum atomic E-state index is 11.1. The van der Waals surface area contributed by atoms with Crippen LogP contribution >= 0.6 is 0 Å². The van der Waals surface area contributed by atoms with E-state index in [1.54, 1.807) is 0 Å². The predicted molar refractivity (Wildman–Crippen MR) is 68.7 cm³/mol. The molecule has 1 saturated carbocycles. The highest BCUT2D eigenvalue weighted by molar-refractivity contribution is 5.25. The average molecular weight is 231 g/mol. The van der Waals surface area contributed by atoms with E-state index in [0.29, 0.717) is 12.0 Å². The van der Waals surface area contributed by atoms with Gasteiger partial charge in [-0.05, 0) is 31.4 Å². The van der Waals surface area contributed by atoms with Crippen LogP contribution in [0.25, 0.3) is 0 Å². The average Bonchev–Trinajstić information content (AvgIpc) is 2.40. The van der Waals surface area contributed by atoms with E-state index in [9.17, 15) is 5.11 Å². The third-order valence-electron chi connectivity index (χ3n) is 4.57. The van der Waals surface area contributed by atoms with Gasteiger partial charge < -0.3 is 10.4 Å². The molecule has 2 aliphatic rings. The molecule has 0 bridgehead atoms. The van der Waals surface area contributed by atoms with Gasteiger partial charge in [-0.2, -0.15) is 0 Å². The van der Waals surface area contributed by atoms with Gasteiger partial charge >= 0.3 is 0 Å². The third kappa shape index (κ3) is 1.90. The summed E-state index contributed by atoms with van der Waals surface area (Å²) in [4.78, 5) is 0. The van der Waals surface area contributed by atoms with Gasteiger partial charge in [0.25, 0.3) is 0 Å². The molecule has 1 aromatic rings. The quantitative estimate of drug-likeness (QED) is 0.778. The van der Waals surface area contributed by atoms with Crippen molar-refractivity contribution in [3.05, 3.63) is 35.9 Å². The monoisotopic (exact) mass is 231 g/mol. The molecule has 1 heterocycles. The highest BCUT2D eigenvalue weighted by atomic mass is 16.3. The summed E-state index contributed by atoms with van der Waals surface area (Å²) in [6.07, 6.45) is 5.79. The van der Waals surface area contributed by atoms with E-state index in [0.717, 1.165) is 24.9 Å². The Morgan fingerprint density at radius 2 is 1.88 bits per heavy atom. The molecule has 0 radical (unpaired) electrons. The number of hydrogen-bond donors (Lipinski definition) is 2. The second-order valence-electron chi connectivity index (χ2n) is 5.49. The van der Waals surface area contributed by atoms with Crippen LogP contribution in [-0.2, 0) is 5.60 Å². The second-order valence-corrected chi connectivity index (χ2v) is 5.49. The third-order valence-corrected chi connectivity index (χ3v) is 4.57. The molecule has 1 saturated heterocycles. The molecule has 2 fully saturated rings. The van der Waals surface area contributed by atoms with E-state index >= 15 is 0 Å². The molecule has 1 aromatic carbocycles. The smallest absolute Gasteiger partial charge is 0.0951 e. The lowest BCUT2D eigenvalue weighted by molar-refractivity contribution is -0.0780. The first-order chi connectivity index (χ1) is 8.31. The standard InChI is InChI=1S/C15H21NO/c17-15(12-6-2-1-3-7-12)10-11-16-14-9-5-4-8-13(14)15/h1-3,6-7,13-14,16-17H,4-5,8-11H2/t13-,14+,15?/m0/s1. The normalized spacial score (nSPS) is 37.5. The summed E-state index contributed by atoms with van der Waals surface area (Å²) in [6.45, 7) is 0.937. The molecule has 3 atom stereocenters. The molecule has 1 aliphatic heterocycles. The number of aliphatic hydroxyl groups is 1. The van der Waals surface area contributed by atoms with E-state index < -0.39 is 5.60 Å². The molecular weight excluding hydrogens is 210 g/mol. The van der Waals surface area contributed by atoms with Crippen molar-refractivity contribution in [3.63, 3.8) is 0 Å². The van der Waals surface area contributed by atoms with Crippen molar-refractivity contribution >= 4 is 0 Å². The van der Waals surface area contributed by atoms with Gasteiger partial charge in [0.2, 0.25) is 0 Å². The first-order valence-electron chi connectivity index (χ1n) is 6.82. The first-order valence-corrected chi connectivity index (χ1v) is 6.82. The van der Waals surface area contributed by atoms with Crippen LogP contribution < -0.4 is 5.32 Å². The fourth-order valence-corrected chi connectivity index (χ4v) is 3.67. The van der Waals surface area contributed by atoms with Gasteiger partial charge in [-0.3, -0.25) is 0 Å². The number of rotatable bonds is 1. The molecule has 92 valence electrons. The van der Waals surface area contributed by atoms with Crippen molar-refractivity contribution in [3.8, 4) is 0 Å². The highest BCUT2D eigenvalue weighted by Gasteiger charge is 2.45. The van der Waals surface area contributed by atoms with Gasteiger partial charge in [-0.25, -0.2) is 0 Å². The van der Waals surface area contributed by atoms with Gasteiger partial charge in [0.1, 0.15) is 0 Å². The number of hydrogen-bond acceptors (Lipinski definition) is 2. The van der Waals surface area contributed by atoms with Crippen LogP contribution in [0, 0.1) is 5.92 Å². The minimum Gasteiger partial charge on any atom is -0.385 e. The fourth-order valence-electron chi connectivity index (χ4n) is 3.67. The fraction of sp³-hybridized carbons (Fsp3) is 0.600. The Morgan fingerprint density at radius 1 is 1.12 bits per heavy atom. The summed E-state index contributed by atoms with van der Waals surface area (Å²) in [7, 11) is 0. The Hall–Kier alpha value is -0.860. The lowest BCUT2D eigenvalue weighted by Gasteiger charge is -2.48. The van der Waals surface area contributed by atoms with Crippen molar-refractivity contribution in [1.82, 2.24) is 5.32 Å². The predicted octanol–water partition coefficient (Wildman–Crippen LogP) is 2.43. The van der Waals surface area contributed by atoms with Crippen molar-refractivity contribution in [2.24, 2.45) is 5.92 Å². The van der Waals surface area contributed by atoms with Crippen LogP contribution in [0.4, 0.5) is 0 Å². The Kier molecular flexibility index (Phi) is 2.93. The molecule has 1 unspecified atom stereocenters.